The number of nitrogens with zero attached hydrogens (tertiary/aromatic N) is 3. The number of fused-ring (bicyclic) bond motifs is 1. The fraction of sp³-hybridized carbons (Fsp3) is 0.500. The molecular formula is C32H44BrN5O4Si. The lowest BCUT2D eigenvalue weighted by molar-refractivity contribution is 0.0336. The number of rotatable bonds is 6. The number of hydrogen-bond donors (Lipinski definition) is 2. The third-order valence-corrected chi connectivity index (χ3v) is 13.1. The smallest absolute Gasteiger partial charge is 0.408 e. The summed E-state index contributed by atoms with van der Waals surface area (Å²) < 4.78 is 13.5. The summed E-state index contributed by atoms with van der Waals surface area (Å²) in [4.78, 5) is 37.4. The number of carbonyl (C=O) groups is 2. The molecule has 1 fully saturated rings. The van der Waals surface area contributed by atoms with Gasteiger partial charge in [0.25, 0.3) is 5.91 Å². The maximum Gasteiger partial charge on any atom is 0.408 e. The lowest BCUT2D eigenvalue weighted by Gasteiger charge is -2.48. The van der Waals surface area contributed by atoms with Gasteiger partial charge in [-0.25, -0.2) is 9.78 Å². The van der Waals surface area contributed by atoms with Gasteiger partial charge in [0.15, 0.2) is 8.32 Å². The molecule has 0 bridgehead atoms. The van der Waals surface area contributed by atoms with Gasteiger partial charge in [0.2, 0.25) is 0 Å². The molecule has 0 unspecified atom stereocenters. The number of nitrogens with one attached hydrogen (secondary N) is 2. The van der Waals surface area contributed by atoms with E-state index in [-0.39, 0.29) is 29.0 Å². The van der Waals surface area contributed by atoms with Gasteiger partial charge >= 0.3 is 6.09 Å². The summed E-state index contributed by atoms with van der Waals surface area (Å²) >= 11 is 3.47. The van der Waals surface area contributed by atoms with Crippen LogP contribution < -0.4 is 15.5 Å². The van der Waals surface area contributed by atoms with E-state index in [1.54, 1.807) is 18.5 Å². The quantitative estimate of drug-likeness (QED) is 0.264. The maximum absolute atomic E-state index is 13.4. The lowest BCUT2D eigenvalue weighted by atomic mass is 9.92. The average Bonchev–Trinajstić information content (AvgIpc) is 2.88. The summed E-state index contributed by atoms with van der Waals surface area (Å²) in [6.45, 7) is 19.9. The first-order valence-electron chi connectivity index (χ1n) is 14.7. The molecule has 2 amide bonds. The van der Waals surface area contributed by atoms with Gasteiger partial charge in [-0.15, -0.1) is 0 Å². The number of carbonyl (C=O) groups excluding carboxylic acids is 2. The van der Waals surface area contributed by atoms with Crippen LogP contribution in [0.4, 0.5) is 16.2 Å². The molecule has 11 heteroatoms. The van der Waals surface area contributed by atoms with Crippen molar-refractivity contribution >= 4 is 58.5 Å². The Balaban J connectivity index is 1.60. The second kappa shape index (κ2) is 12.5. The van der Waals surface area contributed by atoms with E-state index in [1.807, 2.05) is 51.1 Å². The van der Waals surface area contributed by atoms with Crippen molar-refractivity contribution in [3.05, 3.63) is 59.0 Å². The molecule has 1 aromatic carbocycles. The largest absolute Gasteiger partial charge is 0.444 e. The van der Waals surface area contributed by atoms with Crippen molar-refractivity contribution in [2.75, 3.05) is 23.3 Å². The van der Waals surface area contributed by atoms with Crippen LogP contribution >= 0.6 is 15.9 Å². The number of halogens is 1. The van der Waals surface area contributed by atoms with Gasteiger partial charge in [-0.05, 0) is 63.2 Å². The van der Waals surface area contributed by atoms with E-state index in [9.17, 15) is 9.59 Å². The predicted molar refractivity (Wildman–Crippen MR) is 178 cm³/mol. The Morgan fingerprint density at radius 3 is 2.42 bits per heavy atom. The Morgan fingerprint density at radius 2 is 1.74 bits per heavy atom. The van der Waals surface area contributed by atoms with E-state index in [2.05, 4.69) is 82.2 Å². The molecule has 3 aromatic rings. The molecule has 4 rings (SSSR count). The van der Waals surface area contributed by atoms with Crippen molar-refractivity contribution in [2.24, 2.45) is 5.92 Å². The molecule has 3 atom stereocenters. The van der Waals surface area contributed by atoms with Gasteiger partial charge < -0.3 is 24.7 Å². The Bertz CT molecular complexity index is 1490. The molecule has 0 spiro atoms. The van der Waals surface area contributed by atoms with Gasteiger partial charge in [-0.1, -0.05) is 55.8 Å². The van der Waals surface area contributed by atoms with Crippen molar-refractivity contribution in [3.8, 4) is 0 Å². The molecule has 3 heterocycles. The highest BCUT2D eigenvalue weighted by atomic mass is 79.9. The van der Waals surface area contributed by atoms with Crippen LogP contribution in [0.5, 0.6) is 0 Å². The lowest BCUT2D eigenvalue weighted by Crippen LogP contribution is -2.63. The summed E-state index contributed by atoms with van der Waals surface area (Å²) in [7, 11) is -2.16. The van der Waals surface area contributed by atoms with E-state index < -0.39 is 20.0 Å². The summed E-state index contributed by atoms with van der Waals surface area (Å²) in [5.41, 5.74) is 1.77. The zero-order valence-corrected chi connectivity index (χ0v) is 29.2. The second-order valence-electron chi connectivity index (χ2n) is 13.9. The maximum atomic E-state index is 13.4. The third-order valence-electron chi connectivity index (χ3n) is 8.10. The number of hydrogen-bond acceptors (Lipinski definition) is 7. The van der Waals surface area contributed by atoms with Crippen molar-refractivity contribution in [1.82, 2.24) is 15.3 Å². The van der Waals surface area contributed by atoms with E-state index in [1.165, 1.54) is 0 Å². The zero-order chi connectivity index (χ0) is 31.7. The van der Waals surface area contributed by atoms with Crippen LogP contribution in [0.15, 0.2) is 53.3 Å². The Morgan fingerprint density at radius 1 is 1.05 bits per heavy atom. The highest BCUT2D eigenvalue weighted by Crippen LogP contribution is 2.40. The fourth-order valence-corrected chi connectivity index (χ4v) is 6.70. The van der Waals surface area contributed by atoms with Crippen LogP contribution in [-0.4, -0.2) is 61.1 Å². The first kappa shape index (κ1) is 32.9. The van der Waals surface area contributed by atoms with Crippen LogP contribution in [-0.2, 0) is 9.16 Å². The molecule has 1 saturated heterocycles. The predicted octanol–water partition coefficient (Wildman–Crippen LogP) is 7.38. The number of benzene rings is 1. The topological polar surface area (TPSA) is 106 Å². The Hall–Kier alpha value is -3.02. The molecule has 0 radical (unpaired) electrons. The number of piperidine rings is 1. The van der Waals surface area contributed by atoms with Gasteiger partial charge in [-0.2, -0.15) is 0 Å². The number of ether oxygens (including phenoxy) is 1. The monoisotopic (exact) mass is 669 g/mol. The summed E-state index contributed by atoms with van der Waals surface area (Å²) in [5.74, 6) is -0.260. The zero-order valence-electron chi connectivity index (χ0n) is 26.6. The molecule has 0 saturated carbocycles. The normalized spacial score (nSPS) is 19.7. The average molecular weight is 671 g/mol. The number of pyridine rings is 2. The van der Waals surface area contributed by atoms with E-state index >= 15 is 0 Å². The van der Waals surface area contributed by atoms with E-state index in [4.69, 9.17) is 9.16 Å². The van der Waals surface area contributed by atoms with Crippen LogP contribution in [0, 0.1) is 5.92 Å². The minimum absolute atomic E-state index is 0.00968. The number of alkyl carbamates (subject to hydrolysis) is 1. The van der Waals surface area contributed by atoms with Gasteiger partial charge in [0.1, 0.15) is 11.3 Å². The number of anilines is 2. The van der Waals surface area contributed by atoms with Crippen molar-refractivity contribution < 1.29 is 18.8 Å². The van der Waals surface area contributed by atoms with Crippen LogP contribution in [0.1, 0.15) is 59.0 Å². The fourth-order valence-electron chi connectivity index (χ4n) is 4.92. The minimum atomic E-state index is -2.16. The molecule has 232 valence electrons. The molecule has 9 nitrogen and oxygen atoms in total. The van der Waals surface area contributed by atoms with E-state index in [0.717, 1.165) is 21.1 Å². The minimum Gasteiger partial charge on any atom is -0.444 e. The Labute approximate surface area is 264 Å². The highest BCUT2D eigenvalue weighted by Gasteiger charge is 2.45. The summed E-state index contributed by atoms with van der Waals surface area (Å²) in [5, 5.41) is 7.09. The molecule has 2 aromatic heterocycles. The highest BCUT2D eigenvalue weighted by molar-refractivity contribution is 9.10. The van der Waals surface area contributed by atoms with Gasteiger partial charge in [0.05, 0.1) is 35.2 Å². The first-order valence-corrected chi connectivity index (χ1v) is 18.4. The Kier molecular flexibility index (Phi) is 9.58. The first-order chi connectivity index (χ1) is 19.9. The van der Waals surface area contributed by atoms with Crippen LogP contribution in [0.3, 0.4) is 0 Å². The SMILES string of the molecule is C[C@H]1CN(c2ccncc2NC(=O)c2ccc3ccc(Br)cc3n2)C[C@@H](NC(=O)OC(C)(C)C)[C@@H]1O[Si](C)(C)C(C)(C)C. The standard InChI is InChI=1S/C32H44BrN5O4Si/c1-20-18-38(19-26(37-30(40)41-31(2,3)4)28(20)42-43(8,9)32(5,6)7)27-14-15-34-17-25(27)36-29(39)23-13-11-21-10-12-22(33)16-24(21)35-23/h10-17,20,26,28H,18-19H2,1-9H3,(H,36,39)(H,37,40)/t20-,26+,28+/m0/s1. The second-order valence-corrected chi connectivity index (χ2v) is 19.5. The number of aromatic nitrogens is 2. The van der Waals surface area contributed by atoms with Crippen molar-refractivity contribution in [3.63, 3.8) is 0 Å². The number of amides is 2. The van der Waals surface area contributed by atoms with Crippen LogP contribution in [0.25, 0.3) is 10.9 Å². The third kappa shape index (κ3) is 8.13. The molecule has 0 aliphatic carbocycles. The van der Waals surface area contributed by atoms with Crippen molar-refractivity contribution in [1.29, 1.82) is 0 Å². The molecule has 43 heavy (non-hydrogen) atoms. The molecular weight excluding hydrogens is 626 g/mol. The van der Waals surface area contributed by atoms with Gasteiger partial charge in [0, 0.05) is 35.1 Å². The summed E-state index contributed by atoms with van der Waals surface area (Å²) in [6.07, 6.45) is 2.67. The molecule has 1 aliphatic rings. The van der Waals surface area contributed by atoms with Crippen molar-refractivity contribution in [2.45, 2.75) is 84.3 Å². The van der Waals surface area contributed by atoms with Gasteiger partial charge in [-0.3, -0.25) is 9.78 Å². The van der Waals surface area contributed by atoms with E-state index in [0.29, 0.717) is 24.5 Å². The molecule has 1 aliphatic heterocycles. The molecule has 2 N–H and O–H groups in total. The van der Waals surface area contributed by atoms with Crippen LogP contribution in [0.2, 0.25) is 18.1 Å². The summed E-state index contributed by atoms with van der Waals surface area (Å²) in [6, 6.07) is 10.9.